The summed E-state index contributed by atoms with van der Waals surface area (Å²) in [5.74, 6) is 1.05. The van der Waals surface area contributed by atoms with Crippen molar-refractivity contribution in [3.05, 3.63) is 100 Å². The van der Waals surface area contributed by atoms with E-state index in [2.05, 4.69) is 72.8 Å². The maximum atomic E-state index is 12.8. The number of urea groups is 1. The molecule has 0 bridgehead atoms. The lowest BCUT2D eigenvalue weighted by Gasteiger charge is -2.24. The zero-order chi connectivity index (χ0) is 26.4. The highest BCUT2D eigenvalue weighted by Gasteiger charge is 2.20. The Morgan fingerprint density at radius 1 is 1.00 bits per heavy atom. The van der Waals surface area contributed by atoms with Crippen LogP contribution in [0.1, 0.15) is 49.7 Å². The van der Waals surface area contributed by atoms with E-state index in [9.17, 15) is 4.79 Å². The predicted octanol–water partition coefficient (Wildman–Crippen LogP) is 8.07. The summed E-state index contributed by atoms with van der Waals surface area (Å²) in [6, 6.07) is 23.5. The van der Waals surface area contributed by atoms with Crippen molar-refractivity contribution in [2.45, 2.75) is 45.7 Å². The van der Waals surface area contributed by atoms with Crippen LogP contribution in [0.15, 0.2) is 84.4 Å². The highest BCUT2D eigenvalue weighted by atomic mass is 32.1. The van der Waals surface area contributed by atoms with Crippen LogP contribution in [0.5, 0.6) is 11.6 Å². The lowest BCUT2D eigenvalue weighted by atomic mass is 9.86. The number of para-hydroxylation sites is 1. The van der Waals surface area contributed by atoms with Gasteiger partial charge in [0.1, 0.15) is 11.4 Å². The van der Waals surface area contributed by atoms with Crippen molar-refractivity contribution in [1.29, 1.82) is 0 Å². The summed E-state index contributed by atoms with van der Waals surface area (Å²) in [6.45, 7) is 9.48. The fourth-order valence-corrected chi connectivity index (χ4v) is 4.78. The van der Waals surface area contributed by atoms with Gasteiger partial charge in [0.2, 0.25) is 5.88 Å². The summed E-state index contributed by atoms with van der Waals surface area (Å²) >= 11 is 1.77. The first-order chi connectivity index (χ1) is 17.7. The first-order valence-electron chi connectivity index (χ1n) is 12.3. The van der Waals surface area contributed by atoms with Crippen molar-refractivity contribution < 1.29 is 9.53 Å². The standard InChI is InChI=1S/C30H34N4O2S/c1-21(34(5)20-24-10-9-19-37-24)22-14-16-23(17-15-22)32-29(35)33-26-12-8-18-31-28(26)36-27-13-7-6-11-25(27)30(2,3)4/h6-19,21H,20H2,1-5H3,(H2,32,33,35). The summed E-state index contributed by atoms with van der Waals surface area (Å²) in [5, 5.41) is 7.88. The van der Waals surface area contributed by atoms with Crippen LogP contribution in [0.2, 0.25) is 0 Å². The van der Waals surface area contributed by atoms with E-state index in [0.717, 1.165) is 12.1 Å². The molecule has 4 aromatic rings. The quantitative estimate of drug-likeness (QED) is 0.249. The van der Waals surface area contributed by atoms with Crippen LogP contribution in [0.4, 0.5) is 16.2 Å². The molecule has 1 atom stereocenters. The molecule has 2 amide bonds. The van der Waals surface area contributed by atoms with E-state index < -0.39 is 0 Å². The molecule has 7 heteroatoms. The minimum absolute atomic E-state index is 0.0985. The van der Waals surface area contributed by atoms with Crippen LogP contribution in [0.25, 0.3) is 0 Å². The SMILES string of the molecule is CC(c1ccc(NC(=O)Nc2cccnc2Oc2ccccc2C(C)(C)C)cc1)N(C)Cc1cccs1. The van der Waals surface area contributed by atoms with Crippen molar-refractivity contribution in [2.24, 2.45) is 0 Å². The van der Waals surface area contributed by atoms with E-state index in [1.165, 1.54) is 10.4 Å². The summed E-state index contributed by atoms with van der Waals surface area (Å²) in [5.41, 5.74) is 3.35. The lowest BCUT2D eigenvalue weighted by molar-refractivity contribution is 0.255. The third kappa shape index (κ3) is 6.96. The molecule has 2 aromatic heterocycles. The molecule has 2 N–H and O–H groups in total. The third-order valence-corrected chi connectivity index (χ3v) is 7.08. The molecule has 2 heterocycles. The summed E-state index contributed by atoms with van der Waals surface area (Å²) < 4.78 is 6.16. The van der Waals surface area contributed by atoms with Crippen molar-refractivity contribution in [1.82, 2.24) is 9.88 Å². The number of ether oxygens (including phenoxy) is 1. The fraction of sp³-hybridized carbons (Fsp3) is 0.267. The Morgan fingerprint density at radius 2 is 1.76 bits per heavy atom. The van der Waals surface area contributed by atoms with Crippen LogP contribution < -0.4 is 15.4 Å². The molecule has 0 aliphatic heterocycles. The van der Waals surface area contributed by atoms with Gasteiger partial charge in [-0.3, -0.25) is 4.90 Å². The van der Waals surface area contributed by atoms with Crippen LogP contribution in [0, 0.1) is 0 Å². The van der Waals surface area contributed by atoms with Gasteiger partial charge in [0, 0.05) is 34.9 Å². The molecule has 0 radical (unpaired) electrons. The predicted molar refractivity (Wildman–Crippen MR) is 153 cm³/mol. The monoisotopic (exact) mass is 514 g/mol. The number of pyridine rings is 1. The van der Waals surface area contributed by atoms with Gasteiger partial charge in [0.05, 0.1) is 0 Å². The minimum atomic E-state index is -0.363. The first kappa shape index (κ1) is 26.4. The number of rotatable bonds is 8. The van der Waals surface area contributed by atoms with Crippen LogP contribution >= 0.6 is 11.3 Å². The molecule has 0 saturated carbocycles. The van der Waals surface area contributed by atoms with Crippen molar-refractivity contribution >= 4 is 28.7 Å². The molecular formula is C30H34N4O2S. The van der Waals surface area contributed by atoms with Gasteiger partial charge in [-0.1, -0.05) is 57.2 Å². The van der Waals surface area contributed by atoms with E-state index >= 15 is 0 Å². The topological polar surface area (TPSA) is 66.5 Å². The van der Waals surface area contributed by atoms with E-state index in [1.54, 1.807) is 29.7 Å². The number of aromatic nitrogens is 1. The number of thiophene rings is 1. The molecule has 0 saturated heterocycles. The van der Waals surface area contributed by atoms with E-state index in [0.29, 0.717) is 23.0 Å². The summed E-state index contributed by atoms with van der Waals surface area (Å²) in [7, 11) is 2.12. The van der Waals surface area contributed by atoms with Crippen LogP contribution in [0.3, 0.4) is 0 Å². The highest BCUT2D eigenvalue weighted by Crippen LogP contribution is 2.35. The van der Waals surface area contributed by atoms with Gasteiger partial charge >= 0.3 is 6.03 Å². The number of benzene rings is 2. The van der Waals surface area contributed by atoms with Crippen molar-refractivity contribution in [3.63, 3.8) is 0 Å². The Balaban J connectivity index is 1.40. The molecule has 4 rings (SSSR count). The summed E-state index contributed by atoms with van der Waals surface area (Å²) in [6.07, 6.45) is 1.65. The van der Waals surface area contributed by atoms with Gasteiger partial charge in [-0.05, 0) is 66.7 Å². The number of nitrogens with zero attached hydrogens (tertiary/aromatic N) is 2. The second-order valence-electron chi connectivity index (χ2n) is 10.1. The van der Waals surface area contributed by atoms with Gasteiger partial charge in [0.25, 0.3) is 0 Å². The van der Waals surface area contributed by atoms with Gasteiger partial charge in [0.15, 0.2) is 0 Å². The van der Waals surface area contributed by atoms with E-state index in [1.807, 2.05) is 48.5 Å². The average molecular weight is 515 g/mol. The maximum absolute atomic E-state index is 12.8. The fourth-order valence-electron chi connectivity index (χ4n) is 4.02. The van der Waals surface area contributed by atoms with Gasteiger partial charge < -0.3 is 15.4 Å². The van der Waals surface area contributed by atoms with Gasteiger partial charge in [-0.25, -0.2) is 9.78 Å². The highest BCUT2D eigenvalue weighted by molar-refractivity contribution is 7.09. The molecule has 1 unspecified atom stereocenters. The van der Waals surface area contributed by atoms with Crippen molar-refractivity contribution in [3.8, 4) is 11.6 Å². The number of carbonyl (C=O) groups excluding carboxylic acids is 1. The molecular weight excluding hydrogens is 480 g/mol. The number of amides is 2. The van der Waals surface area contributed by atoms with Crippen LogP contribution in [-0.2, 0) is 12.0 Å². The second kappa shape index (κ2) is 11.6. The maximum Gasteiger partial charge on any atom is 0.323 e. The summed E-state index contributed by atoms with van der Waals surface area (Å²) in [4.78, 5) is 20.8. The van der Waals surface area contributed by atoms with Gasteiger partial charge in [-0.2, -0.15) is 0 Å². The number of anilines is 2. The van der Waals surface area contributed by atoms with Gasteiger partial charge in [-0.15, -0.1) is 11.3 Å². The normalized spacial score (nSPS) is 12.3. The molecule has 0 spiro atoms. The molecule has 0 aliphatic rings. The minimum Gasteiger partial charge on any atom is -0.437 e. The molecule has 37 heavy (non-hydrogen) atoms. The Labute approximate surface area is 223 Å². The number of nitrogens with one attached hydrogen (secondary N) is 2. The Hall–Kier alpha value is -3.68. The van der Waals surface area contributed by atoms with E-state index in [-0.39, 0.29) is 17.5 Å². The molecule has 192 valence electrons. The number of hydrogen-bond acceptors (Lipinski definition) is 5. The van der Waals surface area contributed by atoms with E-state index in [4.69, 9.17) is 4.74 Å². The third-order valence-electron chi connectivity index (χ3n) is 6.22. The number of hydrogen-bond donors (Lipinski definition) is 2. The average Bonchev–Trinajstić information content (AvgIpc) is 3.38. The largest absolute Gasteiger partial charge is 0.437 e. The van der Waals surface area contributed by atoms with Crippen molar-refractivity contribution in [2.75, 3.05) is 17.7 Å². The molecule has 0 fully saturated rings. The van der Waals surface area contributed by atoms with Crippen LogP contribution in [-0.4, -0.2) is 23.0 Å². The zero-order valence-corrected chi connectivity index (χ0v) is 22.8. The Kier molecular flexibility index (Phi) is 8.26. The molecule has 0 aliphatic carbocycles. The second-order valence-corrected chi connectivity index (χ2v) is 11.1. The molecule has 2 aromatic carbocycles. The Morgan fingerprint density at radius 3 is 2.46 bits per heavy atom. The molecule has 6 nitrogen and oxygen atoms in total. The first-order valence-corrected chi connectivity index (χ1v) is 13.2. The smallest absolute Gasteiger partial charge is 0.323 e. The number of carbonyl (C=O) groups is 1. The zero-order valence-electron chi connectivity index (χ0n) is 22.0. The lowest BCUT2D eigenvalue weighted by Crippen LogP contribution is -2.22. The Bertz CT molecular complexity index is 1310.